The summed E-state index contributed by atoms with van der Waals surface area (Å²) in [6, 6.07) is 6.10. The number of pyridine rings is 2. The van der Waals surface area contributed by atoms with Crippen molar-refractivity contribution < 1.29 is 13.2 Å². The van der Waals surface area contributed by atoms with E-state index in [-0.39, 0.29) is 5.02 Å². The van der Waals surface area contributed by atoms with Gasteiger partial charge in [-0.25, -0.2) is 9.97 Å². The van der Waals surface area contributed by atoms with Gasteiger partial charge in [0.05, 0.1) is 10.6 Å². The van der Waals surface area contributed by atoms with Gasteiger partial charge in [-0.05, 0) is 30.0 Å². The molecular formula is C11H6ClF3N2S. The van der Waals surface area contributed by atoms with Crippen molar-refractivity contribution in [3.05, 3.63) is 47.2 Å². The third-order valence-electron chi connectivity index (χ3n) is 1.97. The molecule has 2 aromatic heterocycles. The largest absolute Gasteiger partial charge is 0.417 e. The van der Waals surface area contributed by atoms with Gasteiger partial charge in [-0.3, -0.25) is 0 Å². The zero-order valence-corrected chi connectivity index (χ0v) is 10.4. The Kier molecular flexibility index (Phi) is 3.77. The maximum Gasteiger partial charge on any atom is 0.417 e. The maximum absolute atomic E-state index is 12.4. The molecule has 0 aliphatic heterocycles. The highest BCUT2D eigenvalue weighted by Gasteiger charge is 2.31. The van der Waals surface area contributed by atoms with Crippen molar-refractivity contribution in [2.45, 2.75) is 16.2 Å². The van der Waals surface area contributed by atoms with Crippen molar-refractivity contribution >= 4 is 23.4 Å². The lowest BCUT2D eigenvalue weighted by molar-refractivity contribution is -0.137. The standard InChI is InChI=1S/C11H6ClF3N2S/c12-8-5-7(11(13,14)15)6-17-10(8)18-9-3-1-2-4-16-9/h1-6H. The van der Waals surface area contributed by atoms with E-state index in [0.29, 0.717) is 10.1 Å². The topological polar surface area (TPSA) is 25.8 Å². The van der Waals surface area contributed by atoms with Gasteiger partial charge in [0, 0.05) is 12.4 Å². The molecular weight excluding hydrogens is 285 g/mol. The third-order valence-corrected chi connectivity index (χ3v) is 3.34. The fourth-order valence-corrected chi connectivity index (χ4v) is 2.16. The van der Waals surface area contributed by atoms with Gasteiger partial charge in [-0.15, -0.1) is 0 Å². The lowest BCUT2D eigenvalue weighted by Gasteiger charge is -2.08. The van der Waals surface area contributed by atoms with Crippen LogP contribution in [0.15, 0.2) is 46.7 Å². The first-order chi connectivity index (χ1) is 8.47. The summed E-state index contributed by atoms with van der Waals surface area (Å²) in [5.41, 5.74) is -0.863. The minimum atomic E-state index is -4.44. The van der Waals surface area contributed by atoms with Crippen LogP contribution in [-0.4, -0.2) is 9.97 Å². The Hall–Kier alpha value is -1.27. The summed E-state index contributed by atoms with van der Waals surface area (Å²) in [4.78, 5) is 7.74. The van der Waals surface area contributed by atoms with E-state index in [2.05, 4.69) is 9.97 Å². The van der Waals surface area contributed by atoms with Gasteiger partial charge >= 0.3 is 6.18 Å². The molecule has 0 aliphatic rings. The molecule has 0 saturated heterocycles. The Morgan fingerprint density at radius 1 is 1.17 bits per heavy atom. The first-order valence-corrected chi connectivity index (χ1v) is 5.98. The van der Waals surface area contributed by atoms with Crippen LogP contribution in [0.4, 0.5) is 13.2 Å². The number of nitrogens with zero attached hydrogens (tertiary/aromatic N) is 2. The Morgan fingerprint density at radius 2 is 1.94 bits per heavy atom. The molecule has 18 heavy (non-hydrogen) atoms. The SMILES string of the molecule is FC(F)(F)c1cnc(Sc2ccccn2)c(Cl)c1. The zero-order chi connectivity index (χ0) is 13.2. The van der Waals surface area contributed by atoms with Gasteiger partial charge in [-0.2, -0.15) is 13.2 Å². The van der Waals surface area contributed by atoms with E-state index in [4.69, 9.17) is 11.6 Å². The van der Waals surface area contributed by atoms with E-state index in [1.807, 2.05) is 0 Å². The molecule has 0 radical (unpaired) electrons. The number of halogens is 4. The summed E-state index contributed by atoms with van der Waals surface area (Å²) in [6.45, 7) is 0. The van der Waals surface area contributed by atoms with Gasteiger partial charge < -0.3 is 0 Å². The zero-order valence-electron chi connectivity index (χ0n) is 8.78. The van der Waals surface area contributed by atoms with Crippen molar-refractivity contribution in [3.63, 3.8) is 0 Å². The average Bonchev–Trinajstić information content (AvgIpc) is 2.32. The smallest absolute Gasteiger partial charge is 0.250 e. The average molecular weight is 291 g/mol. The van der Waals surface area contributed by atoms with Gasteiger partial charge in [0.25, 0.3) is 0 Å². The summed E-state index contributed by atoms with van der Waals surface area (Å²) in [6.07, 6.45) is -2.09. The Balaban J connectivity index is 2.26. The number of rotatable bonds is 2. The van der Waals surface area contributed by atoms with Gasteiger partial charge in [0.2, 0.25) is 0 Å². The van der Waals surface area contributed by atoms with Crippen LogP contribution >= 0.6 is 23.4 Å². The second-order valence-corrected chi connectivity index (χ2v) is 4.70. The van der Waals surface area contributed by atoms with Crippen molar-refractivity contribution in [2.75, 3.05) is 0 Å². The van der Waals surface area contributed by atoms with Gasteiger partial charge in [0.1, 0.15) is 10.1 Å². The first-order valence-electron chi connectivity index (χ1n) is 4.78. The first kappa shape index (κ1) is 13.2. The molecule has 0 aliphatic carbocycles. The third kappa shape index (κ3) is 3.14. The van der Waals surface area contributed by atoms with Gasteiger partial charge in [-0.1, -0.05) is 17.7 Å². The highest BCUT2D eigenvalue weighted by molar-refractivity contribution is 7.99. The lowest BCUT2D eigenvalue weighted by Crippen LogP contribution is -2.05. The van der Waals surface area contributed by atoms with Crippen molar-refractivity contribution in [3.8, 4) is 0 Å². The number of aromatic nitrogens is 2. The highest BCUT2D eigenvalue weighted by Crippen LogP contribution is 2.35. The molecule has 0 saturated carbocycles. The molecule has 2 heterocycles. The molecule has 0 aromatic carbocycles. The molecule has 0 spiro atoms. The second-order valence-electron chi connectivity index (χ2n) is 3.28. The molecule has 0 fully saturated rings. The van der Waals surface area contributed by atoms with E-state index in [1.54, 1.807) is 24.4 Å². The molecule has 7 heteroatoms. The number of hydrogen-bond donors (Lipinski definition) is 0. The second kappa shape index (κ2) is 5.16. The summed E-state index contributed by atoms with van der Waals surface area (Å²) in [5.74, 6) is 0. The normalized spacial score (nSPS) is 11.6. The van der Waals surface area contributed by atoms with Crippen LogP contribution in [0, 0.1) is 0 Å². The number of hydrogen-bond acceptors (Lipinski definition) is 3. The molecule has 0 bridgehead atoms. The summed E-state index contributed by atoms with van der Waals surface area (Å²) < 4.78 is 37.2. The fraction of sp³-hybridized carbons (Fsp3) is 0.0909. The monoisotopic (exact) mass is 290 g/mol. The minimum absolute atomic E-state index is 0.0412. The predicted octanol–water partition coefficient (Wildman–Crippen LogP) is 4.30. The van der Waals surface area contributed by atoms with Crippen LogP contribution in [0.25, 0.3) is 0 Å². The van der Waals surface area contributed by atoms with E-state index in [0.717, 1.165) is 24.0 Å². The lowest BCUT2D eigenvalue weighted by atomic mass is 10.3. The Morgan fingerprint density at radius 3 is 2.50 bits per heavy atom. The molecule has 2 aromatic rings. The molecule has 2 rings (SSSR count). The van der Waals surface area contributed by atoms with Crippen molar-refractivity contribution in [1.82, 2.24) is 9.97 Å². The summed E-state index contributed by atoms with van der Waals surface area (Å²) in [7, 11) is 0. The quantitative estimate of drug-likeness (QED) is 0.824. The van der Waals surface area contributed by atoms with E-state index >= 15 is 0 Å². The Bertz CT molecular complexity index is 546. The van der Waals surface area contributed by atoms with E-state index in [9.17, 15) is 13.2 Å². The maximum atomic E-state index is 12.4. The number of alkyl halides is 3. The highest BCUT2D eigenvalue weighted by atomic mass is 35.5. The van der Waals surface area contributed by atoms with Crippen LogP contribution in [0.3, 0.4) is 0 Å². The predicted molar refractivity (Wildman–Crippen MR) is 62.6 cm³/mol. The van der Waals surface area contributed by atoms with Crippen LogP contribution in [-0.2, 0) is 6.18 Å². The fourth-order valence-electron chi connectivity index (χ4n) is 1.16. The Labute approximate surface area is 110 Å². The minimum Gasteiger partial charge on any atom is -0.250 e. The molecule has 0 atom stereocenters. The van der Waals surface area contributed by atoms with Crippen LogP contribution in [0.5, 0.6) is 0 Å². The molecule has 0 N–H and O–H groups in total. The molecule has 0 unspecified atom stereocenters. The van der Waals surface area contributed by atoms with Crippen molar-refractivity contribution in [2.24, 2.45) is 0 Å². The molecule has 2 nitrogen and oxygen atoms in total. The van der Waals surface area contributed by atoms with E-state index < -0.39 is 11.7 Å². The molecule has 0 amide bonds. The summed E-state index contributed by atoms with van der Waals surface area (Å²) in [5, 5.41) is 0.871. The van der Waals surface area contributed by atoms with Crippen LogP contribution < -0.4 is 0 Å². The van der Waals surface area contributed by atoms with Crippen molar-refractivity contribution in [1.29, 1.82) is 0 Å². The van der Waals surface area contributed by atoms with E-state index in [1.165, 1.54) is 0 Å². The molecule has 94 valence electrons. The van der Waals surface area contributed by atoms with Crippen LogP contribution in [0.2, 0.25) is 5.02 Å². The summed E-state index contributed by atoms with van der Waals surface area (Å²) >= 11 is 6.89. The van der Waals surface area contributed by atoms with Crippen LogP contribution in [0.1, 0.15) is 5.56 Å². The van der Waals surface area contributed by atoms with Gasteiger partial charge in [0.15, 0.2) is 0 Å².